The first-order valence-corrected chi connectivity index (χ1v) is 12.7. The van der Waals surface area contributed by atoms with E-state index in [0.717, 1.165) is 72.8 Å². The number of nitriles is 1. The summed E-state index contributed by atoms with van der Waals surface area (Å²) in [6.45, 7) is 0. The maximum absolute atomic E-state index is 12.7. The first-order chi connectivity index (χ1) is 17.1. The summed E-state index contributed by atoms with van der Waals surface area (Å²) >= 11 is 0. The number of benzene rings is 2. The molecular weight excluding hydrogens is 438 g/mol. The third-order valence-electron chi connectivity index (χ3n) is 7.59. The molecule has 3 saturated carbocycles. The van der Waals surface area contributed by atoms with Crippen LogP contribution in [0.15, 0.2) is 42.5 Å². The summed E-state index contributed by atoms with van der Waals surface area (Å²) in [5.41, 5.74) is 4.73. The second kappa shape index (κ2) is 8.77. The summed E-state index contributed by atoms with van der Waals surface area (Å²) in [6.07, 6.45) is 8.61. The molecule has 7 nitrogen and oxygen atoms in total. The van der Waals surface area contributed by atoms with Gasteiger partial charge in [-0.3, -0.25) is 4.79 Å². The smallest absolute Gasteiger partial charge is 0.319 e. The van der Waals surface area contributed by atoms with E-state index in [0.29, 0.717) is 23.2 Å². The van der Waals surface area contributed by atoms with Crippen LogP contribution < -0.4 is 16.0 Å². The Hall–Kier alpha value is -3.79. The Balaban J connectivity index is 1.35. The first-order valence-electron chi connectivity index (χ1n) is 12.7. The van der Waals surface area contributed by atoms with Crippen molar-refractivity contribution in [2.24, 2.45) is 0 Å². The molecule has 35 heavy (non-hydrogen) atoms. The Morgan fingerprint density at radius 1 is 0.886 bits per heavy atom. The monoisotopic (exact) mass is 467 g/mol. The predicted molar refractivity (Wildman–Crippen MR) is 135 cm³/mol. The van der Waals surface area contributed by atoms with Gasteiger partial charge in [-0.05, 0) is 81.2 Å². The largest absolute Gasteiger partial charge is 0.349 e. The molecule has 3 aromatic rings. The van der Waals surface area contributed by atoms with Gasteiger partial charge in [0.25, 0.3) is 5.91 Å². The molecule has 1 heterocycles. The Morgan fingerprint density at radius 3 is 2.20 bits per heavy atom. The van der Waals surface area contributed by atoms with Gasteiger partial charge in [-0.15, -0.1) is 0 Å². The van der Waals surface area contributed by atoms with Gasteiger partial charge < -0.3 is 20.5 Å². The highest BCUT2D eigenvalue weighted by atomic mass is 16.2. The van der Waals surface area contributed by atoms with Crippen LogP contribution in [-0.4, -0.2) is 28.6 Å². The molecule has 6 rings (SSSR count). The molecule has 0 bridgehead atoms. The van der Waals surface area contributed by atoms with Crippen LogP contribution >= 0.6 is 0 Å². The number of nitrogens with one attached hydrogen (secondary N) is 3. The number of urea groups is 1. The van der Waals surface area contributed by atoms with Gasteiger partial charge in [0.15, 0.2) is 0 Å². The summed E-state index contributed by atoms with van der Waals surface area (Å²) in [5, 5.41) is 20.0. The van der Waals surface area contributed by atoms with Gasteiger partial charge in [-0.1, -0.05) is 18.2 Å². The fourth-order valence-corrected chi connectivity index (χ4v) is 4.99. The maximum atomic E-state index is 12.7. The van der Waals surface area contributed by atoms with Crippen molar-refractivity contribution in [1.82, 2.24) is 15.2 Å². The molecular formula is C28H29N5O2. The quantitative estimate of drug-likeness (QED) is 0.448. The SMILES string of the molecule is N#Cc1c(-c2ccc(NC(=O)NC3CCC3)cc2)n(C2CCC2)c2cc(C(=O)NC3CC3)ccc12. The number of hydrogen-bond acceptors (Lipinski definition) is 3. The molecule has 0 radical (unpaired) electrons. The number of anilines is 1. The lowest BCUT2D eigenvalue weighted by Gasteiger charge is -2.30. The normalized spacial score (nSPS) is 17.8. The number of rotatable bonds is 6. The zero-order chi connectivity index (χ0) is 23.9. The third kappa shape index (κ3) is 4.14. The number of fused-ring (bicyclic) bond motifs is 1. The first kappa shape index (κ1) is 21.7. The zero-order valence-electron chi connectivity index (χ0n) is 19.6. The number of nitrogens with zero attached hydrogens (tertiary/aromatic N) is 2. The molecule has 0 spiro atoms. The average molecular weight is 468 g/mol. The second-order valence-electron chi connectivity index (χ2n) is 10.1. The molecule has 7 heteroatoms. The summed E-state index contributed by atoms with van der Waals surface area (Å²) in [7, 11) is 0. The fourth-order valence-electron chi connectivity index (χ4n) is 4.99. The number of hydrogen-bond donors (Lipinski definition) is 3. The van der Waals surface area contributed by atoms with E-state index in [2.05, 4.69) is 26.6 Å². The van der Waals surface area contributed by atoms with E-state index < -0.39 is 0 Å². The van der Waals surface area contributed by atoms with E-state index in [1.807, 2.05) is 42.5 Å². The van der Waals surface area contributed by atoms with Crippen molar-refractivity contribution >= 4 is 28.5 Å². The van der Waals surface area contributed by atoms with Gasteiger partial charge in [0, 0.05) is 34.8 Å². The highest BCUT2D eigenvalue weighted by Gasteiger charge is 2.29. The van der Waals surface area contributed by atoms with Gasteiger partial charge in [-0.25, -0.2) is 4.79 Å². The van der Waals surface area contributed by atoms with E-state index in [1.54, 1.807) is 0 Å². The van der Waals surface area contributed by atoms with Crippen LogP contribution in [0.3, 0.4) is 0 Å². The van der Waals surface area contributed by atoms with Crippen LogP contribution in [0, 0.1) is 11.3 Å². The number of amides is 3. The van der Waals surface area contributed by atoms with Crippen molar-refractivity contribution in [2.75, 3.05) is 5.32 Å². The molecule has 3 fully saturated rings. The van der Waals surface area contributed by atoms with Crippen LogP contribution in [0.1, 0.15) is 73.3 Å². The van der Waals surface area contributed by atoms with E-state index in [4.69, 9.17) is 0 Å². The third-order valence-corrected chi connectivity index (χ3v) is 7.59. The zero-order valence-corrected chi connectivity index (χ0v) is 19.6. The van der Waals surface area contributed by atoms with Gasteiger partial charge in [0.2, 0.25) is 0 Å². The molecule has 3 amide bonds. The fraction of sp³-hybridized carbons (Fsp3) is 0.393. The Labute approximate surface area is 204 Å². The van der Waals surface area contributed by atoms with E-state index in [9.17, 15) is 14.9 Å². The Morgan fingerprint density at radius 2 is 1.60 bits per heavy atom. The Kier molecular flexibility index (Phi) is 5.44. The molecule has 1 aromatic heterocycles. The summed E-state index contributed by atoms with van der Waals surface area (Å²) < 4.78 is 2.26. The maximum Gasteiger partial charge on any atom is 0.319 e. The summed E-state index contributed by atoms with van der Waals surface area (Å²) in [4.78, 5) is 25.0. The number of carbonyl (C=O) groups is 2. The minimum Gasteiger partial charge on any atom is -0.349 e. The molecule has 3 aliphatic carbocycles. The molecule has 0 unspecified atom stereocenters. The van der Waals surface area contributed by atoms with Crippen LogP contribution in [-0.2, 0) is 0 Å². The molecule has 0 saturated heterocycles. The topological polar surface area (TPSA) is 98.9 Å². The van der Waals surface area contributed by atoms with Crippen LogP contribution in [0.2, 0.25) is 0 Å². The minimum atomic E-state index is -0.180. The molecule has 2 aromatic carbocycles. The van der Waals surface area contributed by atoms with Crippen molar-refractivity contribution in [3.8, 4) is 17.3 Å². The lowest BCUT2D eigenvalue weighted by atomic mass is 9.92. The summed E-state index contributed by atoms with van der Waals surface area (Å²) in [6, 6.07) is 16.5. The Bertz CT molecular complexity index is 1340. The van der Waals surface area contributed by atoms with Crippen molar-refractivity contribution < 1.29 is 9.59 Å². The molecule has 3 aliphatic rings. The van der Waals surface area contributed by atoms with Crippen LogP contribution in [0.4, 0.5) is 10.5 Å². The molecule has 178 valence electrons. The molecule has 0 aliphatic heterocycles. The van der Waals surface area contributed by atoms with Crippen molar-refractivity contribution in [3.05, 3.63) is 53.6 Å². The highest BCUT2D eigenvalue weighted by Crippen LogP contribution is 2.43. The highest BCUT2D eigenvalue weighted by molar-refractivity contribution is 6.02. The van der Waals surface area contributed by atoms with E-state index in [1.165, 1.54) is 6.42 Å². The van der Waals surface area contributed by atoms with Gasteiger partial charge in [-0.2, -0.15) is 5.26 Å². The predicted octanol–water partition coefficient (Wildman–Crippen LogP) is 5.47. The van der Waals surface area contributed by atoms with Crippen LogP contribution in [0.25, 0.3) is 22.2 Å². The van der Waals surface area contributed by atoms with Gasteiger partial charge in [0.1, 0.15) is 6.07 Å². The standard InChI is InChI=1S/C28H29N5O2/c29-16-24-23-14-9-18(27(34)30-20-12-13-20)15-25(23)33(22-5-2-6-22)26(24)17-7-10-21(11-8-17)32-28(35)31-19-3-1-4-19/h7-11,14-15,19-20,22H,1-6,12-13H2,(H,30,34)(H2,31,32,35). The van der Waals surface area contributed by atoms with Gasteiger partial charge >= 0.3 is 6.03 Å². The minimum absolute atomic E-state index is 0.0496. The summed E-state index contributed by atoms with van der Waals surface area (Å²) in [5.74, 6) is -0.0496. The van der Waals surface area contributed by atoms with Crippen molar-refractivity contribution in [1.29, 1.82) is 5.26 Å². The average Bonchev–Trinajstić information content (AvgIpc) is 3.56. The van der Waals surface area contributed by atoms with Crippen molar-refractivity contribution in [2.45, 2.75) is 69.5 Å². The second-order valence-corrected chi connectivity index (χ2v) is 10.1. The van der Waals surface area contributed by atoms with E-state index >= 15 is 0 Å². The molecule has 3 N–H and O–H groups in total. The van der Waals surface area contributed by atoms with Gasteiger partial charge in [0.05, 0.1) is 16.8 Å². The van der Waals surface area contributed by atoms with Crippen molar-refractivity contribution in [3.63, 3.8) is 0 Å². The lowest BCUT2D eigenvalue weighted by Crippen LogP contribution is -2.41. The van der Waals surface area contributed by atoms with E-state index in [-0.39, 0.29) is 18.0 Å². The van der Waals surface area contributed by atoms with Crippen LogP contribution in [0.5, 0.6) is 0 Å². The number of carbonyl (C=O) groups excluding carboxylic acids is 2. The molecule has 0 atom stereocenters. The number of aromatic nitrogens is 1. The lowest BCUT2D eigenvalue weighted by molar-refractivity contribution is 0.0951.